The molecule has 1 aromatic carbocycles. The van der Waals surface area contributed by atoms with Gasteiger partial charge in [-0.25, -0.2) is 4.39 Å². The molecule has 2 nitrogen and oxygen atoms in total. The molecule has 0 spiro atoms. The Hall–Kier alpha value is -1.45. The molecule has 0 aliphatic rings. The Kier molecular flexibility index (Phi) is 4.28. The van der Waals surface area contributed by atoms with Crippen molar-refractivity contribution in [3.05, 3.63) is 64.7 Å². The van der Waals surface area contributed by atoms with Crippen LogP contribution in [-0.2, 0) is 13.1 Å². The fourth-order valence-corrected chi connectivity index (χ4v) is 2.04. The van der Waals surface area contributed by atoms with Gasteiger partial charge in [-0.15, -0.1) is 0 Å². The van der Waals surface area contributed by atoms with E-state index in [1.54, 1.807) is 24.5 Å². The molecule has 1 heterocycles. The Bertz CT molecular complexity index is 496. The molecule has 4 heteroatoms. The monoisotopic (exact) mass is 264 g/mol. The third-order valence-electron chi connectivity index (χ3n) is 2.67. The number of benzene rings is 1. The van der Waals surface area contributed by atoms with E-state index in [1.165, 1.54) is 6.07 Å². The standard InChI is InChI=1S/C14H14ClFN2/c1-18(9-11-4-3-7-17-8-11)10-12-13(15)5-2-6-14(12)16/h2-8H,9-10H2,1H3. The molecule has 0 saturated heterocycles. The number of rotatable bonds is 4. The van der Waals surface area contributed by atoms with Crippen LogP contribution in [0.25, 0.3) is 0 Å². The minimum absolute atomic E-state index is 0.263. The molecule has 2 aromatic rings. The molecule has 0 atom stereocenters. The molecule has 0 aliphatic carbocycles. The van der Waals surface area contributed by atoms with Crippen LogP contribution in [0.5, 0.6) is 0 Å². The van der Waals surface area contributed by atoms with E-state index in [0.717, 1.165) is 5.56 Å². The van der Waals surface area contributed by atoms with Gasteiger partial charge >= 0.3 is 0 Å². The molecule has 0 amide bonds. The zero-order valence-electron chi connectivity index (χ0n) is 10.1. The van der Waals surface area contributed by atoms with Crippen LogP contribution in [0.3, 0.4) is 0 Å². The molecule has 0 fully saturated rings. The first-order chi connectivity index (χ1) is 8.66. The molecule has 94 valence electrons. The maximum atomic E-state index is 13.6. The van der Waals surface area contributed by atoms with Crippen LogP contribution in [-0.4, -0.2) is 16.9 Å². The van der Waals surface area contributed by atoms with Gasteiger partial charge in [0.15, 0.2) is 0 Å². The first-order valence-electron chi connectivity index (χ1n) is 5.67. The number of hydrogen-bond acceptors (Lipinski definition) is 2. The van der Waals surface area contributed by atoms with E-state index < -0.39 is 0 Å². The topological polar surface area (TPSA) is 16.1 Å². The first kappa shape index (κ1) is 13.0. The van der Waals surface area contributed by atoms with Gasteiger partial charge in [0.2, 0.25) is 0 Å². The zero-order chi connectivity index (χ0) is 13.0. The minimum Gasteiger partial charge on any atom is -0.298 e. The molecular formula is C14H14ClFN2. The van der Waals surface area contributed by atoms with Crippen molar-refractivity contribution < 1.29 is 4.39 Å². The third kappa shape index (κ3) is 3.28. The summed E-state index contributed by atoms with van der Waals surface area (Å²) < 4.78 is 13.6. The van der Waals surface area contributed by atoms with Crippen molar-refractivity contribution in [1.82, 2.24) is 9.88 Å². The summed E-state index contributed by atoms with van der Waals surface area (Å²) in [5.41, 5.74) is 1.62. The average molecular weight is 265 g/mol. The van der Waals surface area contributed by atoms with E-state index in [2.05, 4.69) is 4.98 Å². The van der Waals surface area contributed by atoms with E-state index >= 15 is 0 Å². The SMILES string of the molecule is CN(Cc1cccnc1)Cc1c(F)cccc1Cl. The highest BCUT2D eigenvalue weighted by atomic mass is 35.5. The highest BCUT2D eigenvalue weighted by Gasteiger charge is 2.09. The molecule has 0 saturated carbocycles. The van der Waals surface area contributed by atoms with Crippen molar-refractivity contribution in [3.8, 4) is 0 Å². The number of halogens is 2. The van der Waals surface area contributed by atoms with Crippen LogP contribution in [0, 0.1) is 5.82 Å². The Morgan fingerprint density at radius 3 is 2.72 bits per heavy atom. The van der Waals surface area contributed by atoms with Gasteiger partial charge in [-0.1, -0.05) is 23.7 Å². The molecule has 1 aromatic heterocycles. The lowest BCUT2D eigenvalue weighted by molar-refractivity contribution is 0.313. The molecular weight excluding hydrogens is 251 g/mol. The van der Waals surface area contributed by atoms with Gasteiger partial charge in [0, 0.05) is 36.1 Å². The van der Waals surface area contributed by atoms with Crippen molar-refractivity contribution in [2.75, 3.05) is 7.05 Å². The van der Waals surface area contributed by atoms with Gasteiger partial charge in [-0.05, 0) is 30.8 Å². The van der Waals surface area contributed by atoms with E-state index in [4.69, 9.17) is 11.6 Å². The molecule has 18 heavy (non-hydrogen) atoms. The first-order valence-corrected chi connectivity index (χ1v) is 6.05. The highest BCUT2D eigenvalue weighted by molar-refractivity contribution is 6.31. The number of hydrogen-bond donors (Lipinski definition) is 0. The largest absolute Gasteiger partial charge is 0.298 e. The molecule has 0 bridgehead atoms. The summed E-state index contributed by atoms with van der Waals surface area (Å²) in [6.07, 6.45) is 3.54. The van der Waals surface area contributed by atoms with Crippen LogP contribution >= 0.6 is 11.6 Å². The van der Waals surface area contributed by atoms with Crippen molar-refractivity contribution in [3.63, 3.8) is 0 Å². The summed E-state index contributed by atoms with van der Waals surface area (Å²) in [5.74, 6) is -0.263. The lowest BCUT2D eigenvalue weighted by atomic mass is 10.2. The summed E-state index contributed by atoms with van der Waals surface area (Å²) in [6, 6.07) is 8.63. The molecule has 0 aliphatic heterocycles. The second kappa shape index (κ2) is 5.94. The lowest BCUT2D eigenvalue weighted by Gasteiger charge is -2.17. The number of nitrogens with zero attached hydrogens (tertiary/aromatic N) is 2. The van der Waals surface area contributed by atoms with Crippen molar-refractivity contribution in [2.24, 2.45) is 0 Å². The second-order valence-corrected chi connectivity index (χ2v) is 4.64. The Morgan fingerprint density at radius 2 is 2.06 bits per heavy atom. The summed E-state index contributed by atoms with van der Waals surface area (Å²) in [5, 5.41) is 0.466. The zero-order valence-corrected chi connectivity index (χ0v) is 10.9. The average Bonchev–Trinajstić information content (AvgIpc) is 2.35. The predicted octanol–water partition coefficient (Wildman–Crippen LogP) is 3.51. The maximum absolute atomic E-state index is 13.6. The van der Waals surface area contributed by atoms with Gasteiger partial charge in [0.1, 0.15) is 5.82 Å². The normalized spacial score (nSPS) is 10.9. The maximum Gasteiger partial charge on any atom is 0.129 e. The van der Waals surface area contributed by atoms with E-state index in [0.29, 0.717) is 23.7 Å². The third-order valence-corrected chi connectivity index (χ3v) is 3.02. The fourth-order valence-electron chi connectivity index (χ4n) is 1.81. The minimum atomic E-state index is -0.263. The van der Waals surface area contributed by atoms with Crippen LogP contribution in [0.2, 0.25) is 5.02 Å². The van der Waals surface area contributed by atoms with E-state index in [1.807, 2.05) is 24.1 Å². The quantitative estimate of drug-likeness (QED) is 0.840. The molecule has 2 rings (SSSR count). The van der Waals surface area contributed by atoms with Crippen LogP contribution in [0.15, 0.2) is 42.7 Å². The molecule has 0 N–H and O–H groups in total. The highest BCUT2D eigenvalue weighted by Crippen LogP contribution is 2.20. The summed E-state index contributed by atoms with van der Waals surface area (Å²) in [6.45, 7) is 1.18. The second-order valence-electron chi connectivity index (χ2n) is 4.23. The summed E-state index contributed by atoms with van der Waals surface area (Å²) in [7, 11) is 1.93. The van der Waals surface area contributed by atoms with Crippen LogP contribution in [0.4, 0.5) is 4.39 Å². The van der Waals surface area contributed by atoms with Crippen LogP contribution < -0.4 is 0 Å². The predicted molar refractivity (Wildman–Crippen MR) is 70.8 cm³/mol. The number of aromatic nitrogens is 1. The lowest BCUT2D eigenvalue weighted by Crippen LogP contribution is -2.18. The van der Waals surface area contributed by atoms with E-state index in [-0.39, 0.29) is 5.82 Å². The van der Waals surface area contributed by atoms with Crippen LogP contribution in [0.1, 0.15) is 11.1 Å². The van der Waals surface area contributed by atoms with E-state index in [9.17, 15) is 4.39 Å². The van der Waals surface area contributed by atoms with Gasteiger partial charge in [-0.2, -0.15) is 0 Å². The van der Waals surface area contributed by atoms with Crippen molar-refractivity contribution >= 4 is 11.6 Å². The van der Waals surface area contributed by atoms with Gasteiger partial charge in [0.05, 0.1) is 0 Å². The van der Waals surface area contributed by atoms with Crippen molar-refractivity contribution in [1.29, 1.82) is 0 Å². The summed E-state index contributed by atoms with van der Waals surface area (Å²) >= 11 is 6.00. The van der Waals surface area contributed by atoms with Gasteiger partial charge in [0.25, 0.3) is 0 Å². The van der Waals surface area contributed by atoms with Crippen molar-refractivity contribution in [2.45, 2.75) is 13.1 Å². The van der Waals surface area contributed by atoms with Gasteiger partial charge < -0.3 is 0 Å². The van der Waals surface area contributed by atoms with Gasteiger partial charge in [-0.3, -0.25) is 9.88 Å². The summed E-state index contributed by atoms with van der Waals surface area (Å²) in [4.78, 5) is 6.05. The Morgan fingerprint density at radius 1 is 1.22 bits per heavy atom. The smallest absolute Gasteiger partial charge is 0.129 e. The Labute approximate surface area is 111 Å². The Balaban J connectivity index is 2.06. The number of pyridine rings is 1. The molecule has 0 unspecified atom stereocenters. The fraction of sp³-hybridized carbons (Fsp3) is 0.214. The molecule has 0 radical (unpaired) electrons.